The second-order valence-electron chi connectivity index (χ2n) is 14.8. The van der Waals surface area contributed by atoms with Crippen molar-refractivity contribution in [3.63, 3.8) is 0 Å². The maximum atomic E-state index is 12.1. The Bertz CT molecular complexity index is 2080. The maximum absolute atomic E-state index is 12.1. The number of imidazole rings is 1. The molecule has 0 unspecified atom stereocenters. The van der Waals surface area contributed by atoms with Crippen LogP contribution in [0.5, 0.6) is 17.4 Å². The molecule has 1 aliphatic rings. The molecule has 0 bridgehead atoms. The molecular formula is C43H48N4O7Si. The molecular weight excluding hydrogens is 713 g/mol. The van der Waals surface area contributed by atoms with Crippen LogP contribution in [-0.2, 0) is 26.4 Å². The molecule has 1 N–H and O–H groups in total. The fourth-order valence-electron chi connectivity index (χ4n) is 6.88. The summed E-state index contributed by atoms with van der Waals surface area (Å²) in [6.07, 6.45) is -0.375. The number of aliphatic hydroxyl groups is 1. The largest absolute Gasteiger partial charge is 0.497 e. The molecule has 7 rings (SSSR count). The third kappa shape index (κ3) is 8.29. The monoisotopic (exact) mass is 760 g/mol. The van der Waals surface area contributed by atoms with E-state index >= 15 is 0 Å². The Balaban J connectivity index is 1.25. The van der Waals surface area contributed by atoms with Crippen molar-refractivity contribution in [3.8, 4) is 17.4 Å². The third-order valence-corrected chi connectivity index (χ3v) is 11.6. The topological polar surface area (TPSA) is 119 Å². The normalized spacial score (nSPS) is 18.7. The van der Waals surface area contributed by atoms with Crippen molar-refractivity contribution in [2.75, 3.05) is 27.4 Å². The van der Waals surface area contributed by atoms with E-state index in [-0.39, 0.29) is 13.2 Å². The summed E-state index contributed by atoms with van der Waals surface area (Å²) in [6, 6.07) is 36.5. The van der Waals surface area contributed by atoms with Gasteiger partial charge in [0, 0.05) is 8.07 Å². The molecule has 0 radical (unpaired) electrons. The van der Waals surface area contributed by atoms with Crippen LogP contribution in [-0.4, -0.2) is 78.4 Å². The molecule has 1 fully saturated rings. The lowest BCUT2D eigenvalue weighted by Crippen LogP contribution is -2.40. The van der Waals surface area contributed by atoms with Crippen LogP contribution < -0.4 is 14.2 Å². The molecule has 4 atom stereocenters. The van der Waals surface area contributed by atoms with Gasteiger partial charge in [0.25, 0.3) is 0 Å². The molecule has 0 spiro atoms. The first-order valence-corrected chi connectivity index (χ1v) is 22.2. The zero-order chi connectivity index (χ0) is 38.4. The molecule has 2 aromatic heterocycles. The average Bonchev–Trinajstić information content (AvgIpc) is 3.78. The first kappa shape index (κ1) is 38.2. The second-order valence-corrected chi connectivity index (χ2v) is 20.4. The van der Waals surface area contributed by atoms with Crippen LogP contribution in [0.3, 0.4) is 0 Å². The van der Waals surface area contributed by atoms with Crippen molar-refractivity contribution in [3.05, 3.63) is 144 Å². The number of hydrogen-bond acceptors (Lipinski definition) is 10. The minimum atomic E-state index is -1.33. The number of rotatable bonds is 16. The fraction of sp³-hybridized carbons (Fsp3) is 0.326. The quantitative estimate of drug-likeness (QED) is 0.0789. The molecule has 12 heteroatoms. The number of fused-ring (bicyclic) bond motifs is 1. The van der Waals surface area contributed by atoms with Gasteiger partial charge in [0.2, 0.25) is 5.88 Å². The average molecular weight is 761 g/mol. The van der Waals surface area contributed by atoms with Gasteiger partial charge in [-0.05, 0) is 52.6 Å². The maximum Gasteiger partial charge on any atom is 0.245 e. The third-order valence-electron chi connectivity index (χ3n) is 9.93. The molecule has 0 amide bonds. The Morgan fingerprint density at radius 2 is 1.36 bits per heavy atom. The highest BCUT2D eigenvalue weighted by Gasteiger charge is 2.48. The number of benzene rings is 4. The Morgan fingerprint density at radius 3 is 1.96 bits per heavy atom. The van der Waals surface area contributed by atoms with Gasteiger partial charge < -0.3 is 33.5 Å². The summed E-state index contributed by atoms with van der Waals surface area (Å²) in [5.74, 6) is 1.85. The number of hydrogen-bond donors (Lipinski definition) is 1. The van der Waals surface area contributed by atoms with Gasteiger partial charge in [-0.3, -0.25) is 4.57 Å². The van der Waals surface area contributed by atoms with E-state index < -0.39 is 38.2 Å². The predicted octanol–water partition coefficient (Wildman–Crippen LogP) is 7.41. The highest BCUT2D eigenvalue weighted by molar-refractivity contribution is 6.76. The molecule has 286 valence electrons. The van der Waals surface area contributed by atoms with Crippen LogP contribution in [0.2, 0.25) is 25.7 Å². The first-order chi connectivity index (χ1) is 26.7. The summed E-state index contributed by atoms with van der Waals surface area (Å²) in [7, 11) is 1.95. The van der Waals surface area contributed by atoms with Crippen molar-refractivity contribution in [2.24, 2.45) is 0 Å². The van der Waals surface area contributed by atoms with Crippen molar-refractivity contribution >= 4 is 19.2 Å². The lowest BCUT2D eigenvalue weighted by molar-refractivity contribution is -0.0968. The van der Waals surface area contributed by atoms with Gasteiger partial charge in [-0.25, -0.2) is 9.97 Å². The van der Waals surface area contributed by atoms with Gasteiger partial charge in [0.15, 0.2) is 17.4 Å². The lowest BCUT2D eigenvalue weighted by atomic mass is 9.80. The molecule has 0 saturated carbocycles. The molecule has 3 heterocycles. The molecule has 55 heavy (non-hydrogen) atoms. The van der Waals surface area contributed by atoms with E-state index in [9.17, 15) is 5.11 Å². The van der Waals surface area contributed by atoms with E-state index in [1.165, 1.54) is 6.33 Å². The van der Waals surface area contributed by atoms with Crippen molar-refractivity contribution < 1.29 is 33.5 Å². The van der Waals surface area contributed by atoms with Crippen LogP contribution >= 0.6 is 0 Å². The zero-order valence-corrected chi connectivity index (χ0v) is 32.9. The SMILES string of the molecule is COc1ccc(C(OC[C@H]2O[C@@H](n3cnc4c(OCC[Si](C)(C)C)ncnc43)[C@@H](OCc3ccccc3)[C@@H]2O)(c2ccccc2)c2ccc(OC)cc2)cc1. The van der Waals surface area contributed by atoms with E-state index in [4.69, 9.17) is 28.4 Å². The Kier molecular flexibility index (Phi) is 11.6. The Morgan fingerprint density at radius 1 is 0.764 bits per heavy atom. The fourth-order valence-corrected chi connectivity index (χ4v) is 7.60. The molecule has 1 aliphatic heterocycles. The molecule has 0 aliphatic carbocycles. The number of aliphatic hydroxyl groups excluding tert-OH is 1. The number of methoxy groups -OCH3 is 2. The minimum Gasteiger partial charge on any atom is -0.497 e. The van der Waals surface area contributed by atoms with Crippen LogP contribution in [0.25, 0.3) is 11.2 Å². The van der Waals surface area contributed by atoms with E-state index in [1.54, 1.807) is 25.1 Å². The molecule has 1 saturated heterocycles. The van der Waals surface area contributed by atoms with E-state index in [0.29, 0.717) is 23.7 Å². The first-order valence-electron chi connectivity index (χ1n) is 18.5. The highest BCUT2D eigenvalue weighted by Crippen LogP contribution is 2.43. The molecule has 11 nitrogen and oxygen atoms in total. The number of nitrogens with zero attached hydrogens (tertiary/aromatic N) is 4. The summed E-state index contributed by atoms with van der Waals surface area (Å²) >= 11 is 0. The van der Waals surface area contributed by atoms with Crippen molar-refractivity contribution in [1.82, 2.24) is 19.5 Å². The highest BCUT2D eigenvalue weighted by atomic mass is 28.3. The van der Waals surface area contributed by atoms with Crippen molar-refractivity contribution in [1.29, 1.82) is 0 Å². The van der Waals surface area contributed by atoms with Crippen LogP contribution in [0.4, 0.5) is 0 Å². The van der Waals surface area contributed by atoms with Gasteiger partial charge in [0.05, 0.1) is 40.4 Å². The van der Waals surface area contributed by atoms with Gasteiger partial charge in [-0.2, -0.15) is 4.98 Å². The molecule has 4 aromatic carbocycles. The van der Waals surface area contributed by atoms with Crippen LogP contribution in [0, 0.1) is 0 Å². The van der Waals surface area contributed by atoms with E-state index in [1.807, 2.05) is 109 Å². The van der Waals surface area contributed by atoms with Crippen molar-refractivity contribution in [2.45, 2.75) is 62.4 Å². The standard InChI is InChI=1S/C43H48N4O7Si/c1-49-34-20-16-32(17-21-34)43(31-14-10-7-11-15-31,33-18-22-35(50-2)23-19-33)53-27-36-38(48)39(52-26-30-12-8-6-9-13-30)42(54-36)47-29-46-37-40(47)44-28-45-41(37)51-24-25-55(3,4)5/h6-23,28-29,36,38-39,42,48H,24-27H2,1-5H3/t36-,38-,39+,42-/m1/s1. The predicted molar refractivity (Wildman–Crippen MR) is 212 cm³/mol. The Labute approximate surface area is 322 Å². The lowest BCUT2D eigenvalue weighted by Gasteiger charge is -2.37. The summed E-state index contributed by atoms with van der Waals surface area (Å²) in [4.78, 5) is 13.7. The minimum absolute atomic E-state index is 0.00246. The Hall–Kier alpha value is -5.11. The summed E-state index contributed by atoms with van der Waals surface area (Å²) in [5, 5.41) is 12.1. The summed E-state index contributed by atoms with van der Waals surface area (Å²) in [6.45, 7) is 7.71. The molecule has 6 aromatic rings. The smallest absolute Gasteiger partial charge is 0.245 e. The van der Waals surface area contributed by atoms with Gasteiger partial charge >= 0.3 is 0 Å². The van der Waals surface area contributed by atoms with Gasteiger partial charge in [0.1, 0.15) is 41.7 Å². The van der Waals surface area contributed by atoms with Crippen LogP contribution in [0.15, 0.2) is 122 Å². The van der Waals surface area contributed by atoms with Gasteiger partial charge in [-0.15, -0.1) is 0 Å². The van der Waals surface area contributed by atoms with Gasteiger partial charge in [-0.1, -0.05) is 105 Å². The summed E-state index contributed by atoms with van der Waals surface area (Å²) < 4.78 is 39.4. The number of aromatic nitrogens is 4. The van der Waals surface area contributed by atoms with Crippen LogP contribution in [0.1, 0.15) is 28.5 Å². The zero-order valence-electron chi connectivity index (χ0n) is 31.9. The second kappa shape index (κ2) is 16.7. The summed E-state index contributed by atoms with van der Waals surface area (Å²) in [5.41, 5.74) is 3.50. The van der Waals surface area contributed by atoms with E-state index in [0.717, 1.165) is 39.8 Å². The van der Waals surface area contributed by atoms with E-state index in [2.05, 4.69) is 34.6 Å². The number of ether oxygens (including phenoxy) is 6.